The Morgan fingerprint density at radius 1 is 1.19 bits per heavy atom. The number of piperidine rings is 1. The lowest BCUT2D eigenvalue weighted by Crippen LogP contribution is -2.41. The van der Waals surface area contributed by atoms with Gasteiger partial charge in [-0.15, -0.1) is 0 Å². The van der Waals surface area contributed by atoms with E-state index in [-0.39, 0.29) is 6.10 Å². The second-order valence-corrected chi connectivity index (χ2v) is 8.11. The van der Waals surface area contributed by atoms with Gasteiger partial charge in [0.25, 0.3) is 0 Å². The Morgan fingerprint density at radius 3 is 2.65 bits per heavy atom. The number of aliphatic imine (C=N–C) groups is 1. The summed E-state index contributed by atoms with van der Waals surface area (Å²) < 4.78 is 11.2. The number of methoxy groups -OCH3 is 1. The van der Waals surface area contributed by atoms with E-state index in [9.17, 15) is 0 Å². The fourth-order valence-electron chi connectivity index (χ4n) is 3.54. The molecule has 2 N–H and O–H groups in total. The Balaban J connectivity index is 1.42. The number of nitrogens with one attached hydrogen (secondary N) is 2. The van der Waals surface area contributed by atoms with E-state index in [0.717, 1.165) is 47.8 Å². The van der Waals surface area contributed by atoms with Gasteiger partial charge in [0, 0.05) is 38.9 Å². The van der Waals surface area contributed by atoms with Crippen LogP contribution < -0.4 is 25.0 Å². The minimum atomic E-state index is -0.0288. The van der Waals surface area contributed by atoms with Crippen LogP contribution in [0, 0.1) is 5.92 Å². The third-order valence-corrected chi connectivity index (χ3v) is 5.54. The standard InChI is InChI=1S/C24H35N5O2/c1-18-10-12-29(13-11-18)23-9-8-20(16-26-23)17-28-24(25-3)27-15-19(2)31-22-7-5-6-21(14-22)30-4/h5-9,14,16,18-19H,10-13,15,17H2,1-4H3,(H2,25,27,28). The smallest absolute Gasteiger partial charge is 0.191 e. The molecule has 1 aliphatic heterocycles. The number of nitrogens with zero attached hydrogens (tertiary/aromatic N) is 3. The van der Waals surface area contributed by atoms with Crippen molar-refractivity contribution in [3.8, 4) is 11.5 Å². The van der Waals surface area contributed by atoms with Crippen molar-refractivity contribution in [2.45, 2.75) is 39.3 Å². The number of hydrogen-bond donors (Lipinski definition) is 2. The van der Waals surface area contributed by atoms with Gasteiger partial charge < -0.3 is 25.0 Å². The summed E-state index contributed by atoms with van der Waals surface area (Å²) >= 11 is 0. The quantitative estimate of drug-likeness (QED) is 0.499. The van der Waals surface area contributed by atoms with Crippen LogP contribution in [0.15, 0.2) is 47.6 Å². The van der Waals surface area contributed by atoms with Crippen LogP contribution in [-0.2, 0) is 6.54 Å². The summed E-state index contributed by atoms with van der Waals surface area (Å²) in [7, 11) is 3.42. The maximum atomic E-state index is 5.95. The predicted octanol–water partition coefficient (Wildman–Crippen LogP) is 3.46. The Hall–Kier alpha value is -2.96. The highest BCUT2D eigenvalue weighted by Gasteiger charge is 2.16. The number of ether oxygens (including phenoxy) is 2. The normalized spacial score (nSPS) is 16.0. The molecule has 2 heterocycles. The molecule has 0 amide bonds. The highest BCUT2D eigenvalue weighted by molar-refractivity contribution is 5.79. The topological polar surface area (TPSA) is 71.0 Å². The maximum Gasteiger partial charge on any atom is 0.191 e. The van der Waals surface area contributed by atoms with E-state index < -0.39 is 0 Å². The average Bonchev–Trinajstić information content (AvgIpc) is 2.80. The van der Waals surface area contributed by atoms with Gasteiger partial charge in [-0.2, -0.15) is 0 Å². The zero-order valence-corrected chi connectivity index (χ0v) is 19.1. The van der Waals surface area contributed by atoms with E-state index >= 15 is 0 Å². The Bertz CT molecular complexity index is 832. The molecule has 168 valence electrons. The monoisotopic (exact) mass is 425 g/mol. The van der Waals surface area contributed by atoms with E-state index in [2.05, 4.69) is 44.6 Å². The van der Waals surface area contributed by atoms with Gasteiger partial charge in [-0.05, 0) is 49.4 Å². The lowest BCUT2D eigenvalue weighted by Gasteiger charge is -2.31. The summed E-state index contributed by atoms with van der Waals surface area (Å²) in [6.45, 7) is 7.82. The molecule has 0 aliphatic carbocycles. The molecule has 7 heteroatoms. The van der Waals surface area contributed by atoms with Gasteiger partial charge in [0.1, 0.15) is 23.4 Å². The van der Waals surface area contributed by atoms with Crippen molar-refractivity contribution in [1.29, 1.82) is 0 Å². The molecule has 31 heavy (non-hydrogen) atoms. The lowest BCUT2D eigenvalue weighted by molar-refractivity contribution is 0.223. The number of guanidine groups is 1. The van der Waals surface area contributed by atoms with Gasteiger partial charge in [-0.25, -0.2) is 4.98 Å². The molecule has 3 rings (SSSR count). The van der Waals surface area contributed by atoms with Gasteiger partial charge in [0.05, 0.1) is 13.7 Å². The zero-order valence-electron chi connectivity index (χ0n) is 19.1. The SMILES string of the molecule is CN=C(NCc1ccc(N2CCC(C)CC2)nc1)NCC(C)Oc1cccc(OC)c1. The van der Waals surface area contributed by atoms with Crippen LogP contribution in [0.3, 0.4) is 0 Å². The molecular weight excluding hydrogens is 390 g/mol. The van der Waals surface area contributed by atoms with Crippen LogP contribution in [0.2, 0.25) is 0 Å². The van der Waals surface area contributed by atoms with Crippen molar-refractivity contribution >= 4 is 11.8 Å². The van der Waals surface area contributed by atoms with Gasteiger partial charge in [-0.3, -0.25) is 4.99 Å². The molecule has 1 aromatic carbocycles. The molecule has 0 bridgehead atoms. The van der Waals surface area contributed by atoms with Crippen molar-refractivity contribution in [2.24, 2.45) is 10.9 Å². The Morgan fingerprint density at radius 2 is 1.97 bits per heavy atom. The van der Waals surface area contributed by atoms with Crippen LogP contribution in [0.1, 0.15) is 32.3 Å². The van der Waals surface area contributed by atoms with Gasteiger partial charge >= 0.3 is 0 Å². The van der Waals surface area contributed by atoms with E-state index in [4.69, 9.17) is 9.47 Å². The second kappa shape index (κ2) is 11.4. The highest BCUT2D eigenvalue weighted by Crippen LogP contribution is 2.21. The van der Waals surface area contributed by atoms with Crippen molar-refractivity contribution in [2.75, 3.05) is 38.7 Å². The molecule has 1 aromatic heterocycles. The number of rotatable bonds is 8. The number of aromatic nitrogens is 1. The van der Waals surface area contributed by atoms with E-state index in [1.807, 2.05) is 37.4 Å². The number of hydrogen-bond acceptors (Lipinski definition) is 5. The second-order valence-electron chi connectivity index (χ2n) is 8.11. The summed E-state index contributed by atoms with van der Waals surface area (Å²) in [5.74, 6) is 4.19. The number of benzene rings is 1. The molecule has 1 unspecified atom stereocenters. The van der Waals surface area contributed by atoms with E-state index in [1.165, 1.54) is 12.8 Å². The fourth-order valence-corrected chi connectivity index (χ4v) is 3.54. The van der Waals surface area contributed by atoms with Crippen molar-refractivity contribution in [1.82, 2.24) is 15.6 Å². The fraction of sp³-hybridized carbons (Fsp3) is 0.500. The molecule has 2 aromatic rings. The van der Waals surface area contributed by atoms with Crippen molar-refractivity contribution in [3.05, 3.63) is 48.2 Å². The summed E-state index contributed by atoms with van der Waals surface area (Å²) in [6.07, 6.45) is 4.40. The highest BCUT2D eigenvalue weighted by atomic mass is 16.5. The molecule has 1 atom stereocenters. The molecular formula is C24H35N5O2. The minimum Gasteiger partial charge on any atom is -0.497 e. The predicted molar refractivity (Wildman–Crippen MR) is 126 cm³/mol. The van der Waals surface area contributed by atoms with Gasteiger partial charge in [0.15, 0.2) is 5.96 Å². The average molecular weight is 426 g/mol. The minimum absolute atomic E-state index is 0.0288. The first-order chi connectivity index (χ1) is 15.1. The van der Waals surface area contributed by atoms with Crippen LogP contribution in [0.5, 0.6) is 11.5 Å². The zero-order chi connectivity index (χ0) is 22.1. The summed E-state index contributed by atoms with van der Waals surface area (Å²) in [5.41, 5.74) is 1.12. The number of anilines is 1. The third-order valence-electron chi connectivity index (χ3n) is 5.54. The molecule has 0 saturated carbocycles. The molecule has 1 fully saturated rings. The van der Waals surface area contributed by atoms with Crippen molar-refractivity contribution < 1.29 is 9.47 Å². The van der Waals surface area contributed by atoms with E-state index in [1.54, 1.807) is 14.2 Å². The lowest BCUT2D eigenvalue weighted by atomic mass is 9.99. The maximum absolute atomic E-state index is 5.95. The van der Waals surface area contributed by atoms with Crippen LogP contribution in [-0.4, -0.2) is 50.8 Å². The number of pyridine rings is 1. The van der Waals surface area contributed by atoms with E-state index in [0.29, 0.717) is 13.1 Å². The van der Waals surface area contributed by atoms with Crippen LogP contribution >= 0.6 is 0 Å². The van der Waals surface area contributed by atoms with Gasteiger partial charge in [-0.1, -0.05) is 19.1 Å². The molecule has 1 saturated heterocycles. The summed E-state index contributed by atoms with van der Waals surface area (Å²) in [6, 6.07) is 11.9. The summed E-state index contributed by atoms with van der Waals surface area (Å²) in [4.78, 5) is 11.3. The van der Waals surface area contributed by atoms with Crippen molar-refractivity contribution in [3.63, 3.8) is 0 Å². The molecule has 0 spiro atoms. The third kappa shape index (κ3) is 7.05. The largest absolute Gasteiger partial charge is 0.497 e. The first-order valence-electron chi connectivity index (χ1n) is 11.0. The first-order valence-corrected chi connectivity index (χ1v) is 11.0. The van der Waals surface area contributed by atoms with Crippen LogP contribution in [0.4, 0.5) is 5.82 Å². The van der Waals surface area contributed by atoms with Crippen LogP contribution in [0.25, 0.3) is 0 Å². The molecule has 0 radical (unpaired) electrons. The first kappa shape index (κ1) is 22.7. The Labute approximate surface area is 185 Å². The molecule has 1 aliphatic rings. The van der Waals surface area contributed by atoms with Gasteiger partial charge in [0.2, 0.25) is 0 Å². The Kier molecular flexibility index (Phi) is 8.38. The summed E-state index contributed by atoms with van der Waals surface area (Å²) in [5, 5.41) is 6.65. The molecule has 7 nitrogen and oxygen atoms in total.